The lowest BCUT2D eigenvalue weighted by molar-refractivity contribution is 0.481. The van der Waals surface area contributed by atoms with Gasteiger partial charge in [0.05, 0.1) is 6.04 Å². The molecule has 164 valence electrons. The molecule has 0 radical (unpaired) electrons. The molecule has 2 aromatic carbocycles. The second-order valence-corrected chi connectivity index (χ2v) is 9.00. The molecule has 1 N–H and O–H groups in total. The molecule has 4 nitrogen and oxygen atoms in total. The Labute approximate surface area is 183 Å². The van der Waals surface area contributed by atoms with Gasteiger partial charge in [-0.05, 0) is 60.4 Å². The van der Waals surface area contributed by atoms with Crippen molar-refractivity contribution in [3.63, 3.8) is 0 Å². The molecule has 1 saturated heterocycles. The third-order valence-electron chi connectivity index (χ3n) is 6.06. The van der Waals surface area contributed by atoms with E-state index < -0.39 is 0 Å². The number of hydrogen-bond acceptors (Lipinski definition) is 4. The van der Waals surface area contributed by atoms with Gasteiger partial charge >= 0.3 is 0 Å². The summed E-state index contributed by atoms with van der Waals surface area (Å²) in [6.07, 6.45) is 2.07. The minimum absolute atomic E-state index is 0.165. The van der Waals surface area contributed by atoms with Crippen LogP contribution in [0.3, 0.4) is 0 Å². The summed E-state index contributed by atoms with van der Waals surface area (Å²) in [5, 5.41) is 3.63. The molecule has 0 spiro atoms. The van der Waals surface area contributed by atoms with Crippen LogP contribution in [0.1, 0.15) is 27.7 Å². The maximum atomic E-state index is 13.5. The van der Waals surface area contributed by atoms with Crippen molar-refractivity contribution in [2.75, 3.05) is 22.9 Å². The molecule has 2 aliphatic rings. The molecule has 2 atom stereocenters. The number of amidine groups is 1. The minimum atomic E-state index is -0.250. The Bertz CT molecular complexity index is 964. The lowest BCUT2D eigenvalue weighted by Gasteiger charge is -2.23. The van der Waals surface area contributed by atoms with Crippen LogP contribution in [-0.2, 0) is 0 Å². The van der Waals surface area contributed by atoms with Crippen LogP contribution >= 0.6 is 0 Å². The van der Waals surface area contributed by atoms with Crippen molar-refractivity contribution in [3.05, 3.63) is 72.1 Å². The topological polar surface area (TPSA) is 30.9 Å². The van der Waals surface area contributed by atoms with Crippen molar-refractivity contribution in [1.82, 2.24) is 5.32 Å². The van der Waals surface area contributed by atoms with Crippen LogP contribution in [0.4, 0.5) is 20.2 Å². The molecular weight excluding hydrogens is 394 g/mol. The van der Waals surface area contributed by atoms with Gasteiger partial charge in [0.2, 0.25) is 0 Å². The molecule has 0 amide bonds. The highest BCUT2D eigenvalue weighted by Crippen LogP contribution is 2.29. The fourth-order valence-electron chi connectivity index (χ4n) is 3.99. The third-order valence-corrected chi connectivity index (χ3v) is 6.06. The predicted molar refractivity (Wildman–Crippen MR) is 123 cm³/mol. The number of aliphatic imine (C=N–C) groups is 1. The predicted octanol–water partition coefficient (Wildman–Crippen LogP) is 5.18. The first-order valence-corrected chi connectivity index (χ1v) is 10.9. The molecule has 6 heteroatoms. The normalized spacial score (nSPS) is 22.6. The fraction of sp³-hybridized carbons (Fsp3) is 0.400. The van der Waals surface area contributed by atoms with Gasteiger partial charge in [-0.15, -0.1) is 0 Å². The summed E-state index contributed by atoms with van der Waals surface area (Å²) in [7, 11) is 0. The lowest BCUT2D eigenvalue weighted by Crippen LogP contribution is -2.31. The van der Waals surface area contributed by atoms with Crippen LogP contribution in [0, 0.1) is 23.5 Å². The zero-order valence-electron chi connectivity index (χ0n) is 18.5. The maximum Gasteiger partial charge on any atom is 0.132 e. The lowest BCUT2D eigenvalue weighted by atomic mass is 10.1. The Hall–Kier alpha value is -2.89. The number of nitrogens with one attached hydrogen (secondary N) is 1. The van der Waals surface area contributed by atoms with E-state index in [-0.39, 0.29) is 23.7 Å². The van der Waals surface area contributed by atoms with E-state index in [0.717, 1.165) is 36.1 Å². The van der Waals surface area contributed by atoms with E-state index in [1.165, 1.54) is 24.3 Å². The molecule has 31 heavy (non-hydrogen) atoms. The number of hydrogen-bond donors (Lipinski definition) is 1. The smallest absolute Gasteiger partial charge is 0.132 e. The van der Waals surface area contributed by atoms with Gasteiger partial charge in [0.1, 0.15) is 23.3 Å². The van der Waals surface area contributed by atoms with Gasteiger partial charge in [0.25, 0.3) is 0 Å². The van der Waals surface area contributed by atoms with Crippen LogP contribution in [0.2, 0.25) is 0 Å². The van der Waals surface area contributed by atoms with Gasteiger partial charge in [-0.1, -0.05) is 27.7 Å². The van der Waals surface area contributed by atoms with E-state index in [1.54, 1.807) is 24.3 Å². The quantitative estimate of drug-likeness (QED) is 0.717. The minimum Gasteiger partial charge on any atom is -0.367 e. The largest absolute Gasteiger partial charge is 0.367 e. The van der Waals surface area contributed by atoms with E-state index in [1.807, 2.05) is 0 Å². The maximum absolute atomic E-state index is 13.5. The molecule has 0 saturated carbocycles. The highest BCUT2D eigenvalue weighted by atomic mass is 19.1. The molecule has 0 unspecified atom stereocenters. The molecule has 4 rings (SSSR count). The summed E-state index contributed by atoms with van der Waals surface area (Å²) in [6, 6.07) is 13.6. The first-order chi connectivity index (χ1) is 14.8. The first kappa shape index (κ1) is 21.3. The van der Waals surface area contributed by atoms with Gasteiger partial charge < -0.3 is 15.1 Å². The van der Waals surface area contributed by atoms with Crippen molar-refractivity contribution in [2.45, 2.75) is 39.8 Å². The van der Waals surface area contributed by atoms with Crippen LogP contribution in [0.5, 0.6) is 0 Å². The van der Waals surface area contributed by atoms with E-state index in [4.69, 9.17) is 4.99 Å². The summed E-state index contributed by atoms with van der Waals surface area (Å²) in [5.74, 6) is 2.14. The standard InChI is InChI=1S/C25H30F2N4/c1-16(2)22-14-30(20-9-5-18(26)6-10-20)24(28-22)13-25-29-23(17(3)4)15-31(25)21-11-7-19(27)8-12-21/h5-13,16-17,22-23,28H,14-15H2,1-4H3/b24-13+/t22-,23-/m1/s1. The second-order valence-electron chi connectivity index (χ2n) is 9.00. The Kier molecular flexibility index (Phi) is 5.99. The Morgan fingerprint density at radius 3 is 1.90 bits per heavy atom. The monoisotopic (exact) mass is 424 g/mol. The van der Waals surface area contributed by atoms with E-state index in [2.05, 4.69) is 48.9 Å². The van der Waals surface area contributed by atoms with Crippen LogP contribution in [0.25, 0.3) is 0 Å². The average Bonchev–Trinajstić information content (AvgIpc) is 3.35. The van der Waals surface area contributed by atoms with Crippen molar-refractivity contribution >= 4 is 17.2 Å². The van der Waals surface area contributed by atoms with Crippen LogP contribution in [0.15, 0.2) is 65.4 Å². The average molecular weight is 425 g/mol. The van der Waals surface area contributed by atoms with E-state index in [9.17, 15) is 8.78 Å². The van der Waals surface area contributed by atoms with Gasteiger partial charge in [0, 0.05) is 36.6 Å². The highest BCUT2D eigenvalue weighted by molar-refractivity contribution is 6.08. The Morgan fingerprint density at radius 1 is 0.839 bits per heavy atom. The Balaban J connectivity index is 1.71. The number of nitrogens with zero attached hydrogens (tertiary/aromatic N) is 3. The van der Waals surface area contributed by atoms with Crippen molar-refractivity contribution in [2.24, 2.45) is 16.8 Å². The van der Waals surface area contributed by atoms with Crippen LogP contribution < -0.4 is 15.1 Å². The highest BCUT2D eigenvalue weighted by Gasteiger charge is 2.32. The molecule has 2 aromatic rings. The summed E-state index contributed by atoms with van der Waals surface area (Å²) >= 11 is 0. The molecule has 0 aromatic heterocycles. The summed E-state index contributed by atoms with van der Waals surface area (Å²) in [5.41, 5.74) is 1.86. The summed E-state index contributed by atoms with van der Waals surface area (Å²) in [6.45, 7) is 10.3. The fourth-order valence-corrected chi connectivity index (χ4v) is 3.99. The van der Waals surface area contributed by atoms with Crippen molar-refractivity contribution < 1.29 is 8.78 Å². The molecule has 0 bridgehead atoms. The number of benzene rings is 2. The van der Waals surface area contributed by atoms with Gasteiger partial charge in [-0.2, -0.15) is 0 Å². The molecule has 1 fully saturated rings. The molecule has 2 aliphatic heterocycles. The third kappa shape index (κ3) is 4.58. The molecular formula is C25H30F2N4. The second kappa shape index (κ2) is 8.69. The first-order valence-electron chi connectivity index (χ1n) is 10.9. The number of halogens is 2. The van der Waals surface area contributed by atoms with Crippen molar-refractivity contribution in [1.29, 1.82) is 0 Å². The van der Waals surface area contributed by atoms with Gasteiger partial charge in [0.15, 0.2) is 0 Å². The molecule has 2 heterocycles. The van der Waals surface area contributed by atoms with Crippen molar-refractivity contribution in [3.8, 4) is 0 Å². The van der Waals surface area contributed by atoms with Gasteiger partial charge in [-0.25, -0.2) is 8.78 Å². The zero-order valence-corrected chi connectivity index (χ0v) is 18.5. The molecule has 0 aliphatic carbocycles. The summed E-state index contributed by atoms with van der Waals surface area (Å²) < 4.78 is 27.0. The van der Waals surface area contributed by atoms with E-state index >= 15 is 0 Å². The number of anilines is 2. The SMILES string of the molecule is CC(C)[C@H]1CN(c2ccc(F)cc2)C(/C=C2\N[C@@H](C(C)C)CN2c2ccc(F)cc2)=N1. The van der Waals surface area contributed by atoms with E-state index in [0.29, 0.717) is 11.8 Å². The number of rotatable bonds is 5. The zero-order chi connectivity index (χ0) is 22.1. The van der Waals surface area contributed by atoms with Gasteiger partial charge in [-0.3, -0.25) is 4.99 Å². The Morgan fingerprint density at radius 2 is 1.39 bits per heavy atom. The van der Waals surface area contributed by atoms with Crippen LogP contribution in [-0.4, -0.2) is 31.0 Å². The summed E-state index contributed by atoms with van der Waals surface area (Å²) in [4.78, 5) is 9.31.